The molecule has 22 heavy (non-hydrogen) atoms. The third kappa shape index (κ3) is 3.28. The Hall–Kier alpha value is -1.92. The summed E-state index contributed by atoms with van der Waals surface area (Å²) in [5, 5.41) is 2.26. The maximum absolute atomic E-state index is 12.1. The fourth-order valence-electron chi connectivity index (χ4n) is 2.94. The molecule has 1 atom stereocenters. The number of sulfonamides is 1. The summed E-state index contributed by atoms with van der Waals surface area (Å²) in [7, 11) is -3.29. The summed E-state index contributed by atoms with van der Waals surface area (Å²) in [6, 6.07) is 13.7. The van der Waals surface area contributed by atoms with E-state index in [0.29, 0.717) is 13.1 Å². The van der Waals surface area contributed by atoms with Crippen LogP contribution < -0.4 is 4.72 Å². The van der Waals surface area contributed by atoms with Crippen LogP contribution in [0.15, 0.2) is 42.5 Å². The summed E-state index contributed by atoms with van der Waals surface area (Å²) in [5.41, 5.74) is 1.08. The Balaban J connectivity index is 1.79. The van der Waals surface area contributed by atoms with Crippen molar-refractivity contribution >= 4 is 26.7 Å². The molecule has 0 unspecified atom stereocenters. The molecule has 1 N–H and O–H groups in total. The first-order valence-corrected chi connectivity index (χ1v) is 9.03. The fourth-order valence-corrected chi connectivity index (χ4v) is 3.71. The SMILES string of the molecule is CS(=O)(=O)N[C@H]1CC(=O)N(Cc2cccc3ccccc23)C1. The van der Waals surface area contributed by atoms with Gasteiger partial charge in [0.25, 0.3) is 0 Å². The Bertz CT molecular complexity index is 812. The number of amides is 1. The highest BCUT2D eigenvalue weighted by Gasteiger charge is 2.31. The smallest absolute Gasteiger partial charge is 0.224 e. The average Bonchev–Trinajstić information content (AvgIpc) is 2.77. The number of likely N-dealkylation sites (tertiary alicyclic amines) is 1. The van der Waals surface area contributed by atoms with Gasteiger partial charge in [0.05, 0.1) is 6.26 Å². The molecule has 3 rings (SSSR count). The second-order valence-electron chi connectivity index (χ2n) is 5.70. The molecule has 1 fully saturated rings. The molecule has 0 aromatic heterocycles. The monoisotopic (exact) mass is 318 g/mol. The Labute approximate surface area is 130 Å². The minimum Gasteiger partial charge on any atom is -0.337 e. The van der Waals surface area contributed by atoms with Crippen LogP contribution in [0.4, 0.5) is 0 Å². The Morgan fingerprint density at radius 2 is 1.91 bits per heavy atom. The van der Waals surface area contributed by atoms with Gasteiger partial charge in [-0.3, -0.25) is 4.79 Å². The van der Waals surface area contributed by atoms with Crippen molar-refractivity contribution in [3.05, 3.63) is 48.0 Å². The van der Waals surface area contributed by atoms with Gasteiger partial charge < -0.3 is 4.90 Å². The zero-order valence-electron chi connectivity index (χ0n) is 12.3. The highest BCUT2D eigenvalue weighted by Crippen LogP contribution is 2.22. The van der Waals surface area contributed by atoms with Crippen LogP contribution in [0, 0.1) is 0 Å². The summed E-state index contributed by atoms with van der Waals surface area (Å²) in [6.45, 7) is 0.914. The molecule has 6 heteroatoms. The molecule has 2 aromatic rings. The summed E-state index contributed by atoms with van der Waals surface area (Å²) in [5.74, 6) is -0.0194. The van der Waals surface area contributed by atoms with Gasteiger partial charge in [0.15, 0.2) is 0 Å². The van der Waals surface area contributed by atoms with Crippen LogP contribution in [-0.2, 0) is 21.4 Å². The summed E-state index contributed by atoms with van der Waals surface area (Å²) >= 11 is 0. The van der Waals surface area contributed by atoms with Gasteiger partial charge in [-0.05, 0) is 16.3 Å². The second-order valence-corrected chi connectivity index (χ2v) is 7.48. The Kier molecular flexibility index (Phi) is 3.88. The first-order chi connectivity index (χ1) is 10.4. The Morgan fingerprint density at radius 3 is 2.68 bits per heavy atom. The van der Waals surface area contributed by atoms with Gasteiger partial charge in [-0.25, -0.2) is 13.1 Å². The van der Waals surface area contributed by atoms with E-state index < -0.39 is 10.0 Å². The number of carbonyl (C=O) groups is 1. The Morgan fingerprint density at radius 1 is 1.18 bits per heavy atom. The molecule has 0 radical (unpaired) electrons. The van der Waals surface area contributed by atoms with Crippen LogP contribution in [0.1, 0.15) is 12.0 Å². The van der Waals surface area contributed by atoms with Gasteiger partial charge >= 0.3 is 0 Å². The highest BCUT2D eigenvalue weighted by molar-refractivity contribution is 7.88. The molecule has 5 nitrogen and oxygen atoms in total. The molecule has 0 bridgehead atoms. The second kappa shape index (κ2) is 5.70. The van der Waals surface area contributed by atoms with Crippen molar-refractivity contribution in [3.8, 4) is 0 Å². The number of rotatable bonds is 4. The largest absolute Gasteiger partial charge is 0.337 e. The molecule has 0 saturated carbocycles. The lowest BCUT2D eigenvalue weighted by molar-refractivity contribution is -0.128. The number of carbonyl (C=O) groups excluding carboxylic acids is 1. The number of hydrogen-bond acceptors (Lipinski definition) is 3. The standard InChI is InChI=1S/C16H18N2O3S/c1-22(20,21)17-14-9-16(19)18(11-14)10-13-7-4-6-12-5-2-3-8-15(12)13/h2-8,14,17H,9-11H2,1H3/t14-/m0/s1. The maximum atomic E-state index is 12.1. The van der Waals surface area contributed by atoms with Crippen LogP contribution in [0.3, 0.4) is 0 Å². The lowest BCUT2D eigenvalue weighted by atomic mass is 10.0. The van der Waals surface area contributed by atoms with E-state index in [0.717, 1.165) is 22.6 Å². The highest BCUT2D eigenvalue weighted by atomic mass is 32.2. The third-order valence-corrected chi connectivity index (χ3v) is 4.60. The van der Waals surface area contributed by atoms with E-state index in [2.05, 4.69) is 4.72 Å². The van der Waals surface area contributed by atoms with Crippen molar-refractivity contribution in [3.63, 3.8) is 0 Å². The van der Waals surface area contributed by atoms with E-state index >= 15 is 0 Å². The van der Waals surface area contributed by atoms with Crippen molar-refractivity contribution in [2.45, 2.75) is 19.0 Å². The first kappa shape index (κ1) is 15.0. The van der Waals surface area contributed by atoms with Crippen LogP contribution in [0.25, 0.3) is 10.8 Å². The zero-order valence-corrected chi connectivity index (χ0v) is 13.1. The van der Waals surface area contributed by atoms with E-state index in [4.69, 9.17) is 0 Å². The number of hydrogen-bond donors (Lipinski definition) is 1. The van der Waals surface area contributed by atoms with Gasteiger partial charge in [0, 0.05) is 25.6 Å². The number of fused-ring (bicyclic) bond motifs is 1. The molecule has 0 spiro atoms. The molecule has 1 aliphatic heterocycles. The molecule has 0 aliphatic carbocycles. The zero-order chi connectivity index (χ0) is 15.7. The lowest BCUT2D eigenvalue weighted by Gasteiger charge is -2.18. The molecule has 2 aromatic carbocycles. The average molecular weight is 318 g/mol. The first-order valence-electron chi connectivity index (χ1n) is 7.14. The van der Waals surface area contributed by atoms with Crippen LogP contribution in [0.2, 0.25) is 0 Å². The van der Waals surface area contributed by atoms with E-state index in [-0.39, 0.29) is 18.4 Å². The minimum absolute atomic E-state index is 0.0194. The lowest BCUT2D eigenvalue weighted by Crippen LogP contribution is -2.36. The van der Waals surface area contributed by atoms with Crippen molar-refractivity contribution < 1.29 is 13.2 Å². The number of nitrogens with one attached hydrogen (secondary N) is 1. The fraction of sp³-hybridized carbons (Fsp3) is 0.312. The quantitative estimate of drug-likeness (QED) is 0.929. The third-order valence-electron chi connectivity index (χ3n) is 3.84. The van der Waals surface area contributed by atoms with Gasteiger partial charge in [0.1, 0.15) is 0 Å². The number of benzene rings is 2. The molecule has 1 saturated heterocycles. The molecular weight excluding hydrogens is 300 g/mol. The summed E-state index contributed by atoms with van der Waals surface area (Å²) in [6.07, 6.45) is 1.34. The topological polar surface area (TPSA) is 66.5 Å². The summed E-state index contributed by atoms with van der Waals surface area (Å²) < 4.78 is 25.1. The summed E-state index contributed by atoms with van der Waals surface area (Å²) in [4.78, 5) is 13.8. The van der Waals surface area contributed by atoms with Crippen molar-refractivity contribution in [2.24, 2.45) is 0 Å². The predicted octanol–water partition coefficient (Wildman–Crippen LogP) is 1.49. The molecule has 1 amide bonds. The maximum Gasteiger partial charge on any atom is 0.224 e. The molecule has 1 heterocycles. The normalized spacial score (nSPS) is 19.0. The van der Waals surface area contributed by atoms with E-state index in [1.165, 1.54) is 0 Å². The van der Waals surface area contributed by atoms with Crippen LogP contribution in [-0.4, -0.2) is 38.1 Å². The predicted molar refractivity (Wildman–Crippen MR) is 85.7 cm³/mol. The van der Waals surface area contributed by atoms with E-state index in [9.17, 15) is 13.2 Å². The molecule has 1 aliphatic rings. The van der Waals surface area contributed by atoms with Gasteiger partial charge in [-0.2, -0.15) is 0 Å². The van der Waals surface area contributed by atoms with Crippen LogP contribution >= 0.6 is 0 Å². The molecular formula is C16H18N2O3S. The van der Waals surface area contributed by atoms with Crippen molar-refractivity contribution in [1.29, 1.82) is 0 Å². The molecule has 116 valence electrons. The van der Waals surface area contributed by atoms with Crippen molar-refractivity contribution in [1.82, 2.24) is 9.62 Å². The van der Waals surface area contributed by atoms with E-state index in [1.54, 1.807) is 4.90 Å². The van der Waals surface area contributed by atoms with Gasteiger partial charge in [-0.15, -0.1) is 0 Å². The minimum atomic E-state index is -3.29. The van der Waals surface area contributed by atoms with Crippen LogP contribution in [0.5, 0.6) is 0 Å². The van der Waals surface area contributed by atoms with Gasteiger partial charge in [0.2, 0.25) is 15.9 Å². The number of nitrogens with zero attached hydrogens (tertiary/aromatic N) is 1. The van der Waals surface area contributed by atoms with Gasteiger partial charge in [-0.1, -0.05) is 42.5 Å². The van der Waals surface area contributed by atoms with Crippen molar-refractivity contribution in [2.75, 3.05) is 12.8 Å². The van der Waals surface area contributed by atoms with E-state index in [1.807, 2.05) is 42.5 Å².